The van der Waals surface area contributed by atoms with Crippen molar-refractivity contribution in [3.63, 3.8) is 0 Å². The highest BCUT2D eigenvalue weighted by Crippen LogP contribution is 2.29. The van der Waals surface area contributed by atoms with Crippen LogP contribution < -0.4 is 5.32 Å². The van der Waals surface area contributed by atoms with E-state index in [1.54, 1.807) is 12.1 Å². The van der Waals surface area contributed by atoms with Gasteiger partial charge >= 0.3 is 0 Å². The molecule has 0 spiro atoms. The third-order valence-electron chi connectivity index (χ3n) is 3.58. The van der Waals surface area contributed by atoms with Crippen molar-refractivity contribution in [2.24, 2.45) is 0 Å². The molecule has 1 saturated carbocycles. The van der Waals surface area contributed by atoms with E-state index < -0.39 is 0 Å². The average molecular weight is 312 g/mol. The Balaban J connectivity index is 2.09. The number of halogens is 1. The predicted octanol–water partition coefficient (Wildman–Crippen LogP) is 3.61. The highest BCUT2D eigenvalue weighted by Gasteiger charge is 2.28. The first-order chi connectivity index (χ1) is 8.50. The summed E-state index contributed by atoms with van der Waals surface area (Å²) in [6.45, 7) is 2.10. The van der Waals surface area contributed by atoms with Gasteiger partial charge in [-0.15, -0.1) is 0 Å². The first-order valence-electron chi connectivity index (χ1n) is 6.31. The first-order valence-corrected chi connectivity index (χ1v) is 7.10. The maximum atomic E-state index is 12.1. The fourth-order valence-electron chi connectivity index (χ4n) is 2.46. The van der Waals surface area contributed by atoms with Crippen molar-refractivity contribution in [3.8, 4) is 5.75 Å². The largest absolute Gasteiger partial charge is 0.507 e. The Kier molecular flexibility index (Phi) is 3.95. The first kappa shape index (κ1) is 13.4. The molecule has 2 N–H and O–H groups in total. The van der Waals surface area contributed by atoms with E-state index in [9.17, 15) is 9.90 Å². The number of phenols is 1. The zero-order valence-corrected chi connectivity index (χ0v) is 12.1. The summed E-state index contributed by atoms with van der Waals surface area (Å²) in [7, 11) is 0. The molecule has 0 radical (unpaired) electrons. The van der Waals surface area contributed by atoms with Crippen LogP contribution in [0.2, 0.25) is 0 Å². The molecule has 1 fully saturated rings. The fraction of sp³-hybridized carbons (Fsp3) is 0.500. The summed E-state index contributed by atoms with van der Waals surface area (Å²) < 4.78 is 0.600. The summed E-state index contributed by atoms with van der Waals surface area (Å²) in [5, 5.41) is 12.7. The molecule has 4 heteroatoms. The maximum absolute atomic E-state index is 12.1. The Morgan fingerprint density at radius 1 is 1.33 bits per heavy atom. The number of carbonyl (C=O) groups is 1. The van der Waals surface area contributed by atoms with Crippen molar-refractivity contribution in [1.29, 1.82) is 0 Å². The maximum Gasteiger partial charge on any atom is 0.251 e. The zero-order valence-electron chi connectivity index (χ0n) is 10.5. The van der Waals surface area contributed by atoms with Gasteiger partial charge in [0.05, 0.1) is 4.47 Å². The lowest BCUT2D eigenvalue weighted by molar-refractivity contribution is 0.0882. The summed E-state index contributed by atoms with van der Waals surface area (Å²) in [5.74, 6) is -0.0151. The second kappa shape index (κ2) is 5.31. The molecular formula is C14H18BrNO2. The van der Waals surface area contributed by atoms with Crippen LogP contribution in [0.1, 0.15) is 49.4 Å². The highest BCUT2D eigenvalue weighted by atomic mass is 79.9. The van der Waals surface area contributed by atoms with Crippen LogP contribution in [-0.2, 0) is 0 Å². The molecule has 1 aromatic carbocycles. The van der Waals surface area contributed by atoms with Gasteiger partial charge in [-0.1, -0.05) is 19.3 Å². The standard InChI is InChI=1S/C14H18BrNO2/c1-14(7-3-2-4-8-14)16-13(18)10-5-6-11(15)12(17)9-10/h5-6,9,17H,2-4,7-8H2,1H3,(H,16,18). The van der Waals surface area contributed by atoms with Gasteiger partial charge in [0.2, 0.25) is 0 Å². The number of nitrogens with one attached hydrogen (secondary N) is 1. The molecule has 98 valence electrons. The summed E-state index contributed by atoms with van der Waals surface area (Å²) in [6.07, 6.45) is 5.65. The molecule has 1 aliphatic carbocycles. The Morgan fingerprint density at radius 2 is 2.00 bits per heavy atom. The van der Waals surface area contributed by atoms with Crippen LogP contribution in [0.25, 0.3) is 0 Å². The molecule has 18 heavy (non-hydrogen) atoms. The lowest BCUT2D eigenvalue weighted by Crippen LogP contribution is -2.47. The van der Waals surface area contributed by atoms with Crippen molar-refractivity contribution < 1.29 is 9.90 Å². The van der Waals surface area contributed by atoms with E-state index in [4.69, 9.17) is 0 Å². The number of carbonyl (C=O) groups excluding carboxylic acids is 1. The van der Waals surface area contributed by atoms with Gasteiger partial charge < -0.3 is 10.4 Å². The number of rotatable bonds is 2. The smallest absolute Gasteiger partial charge is 0.251 e. The van der Waals surface area contributed by atoms with Crippen LogP contribution in [-0.4, -0.2) is 16.6 Å². The fourth-order valence-corrected chi connectivity index (χ4v) is 2.70. The summed E-state index contributed by atoms with van der Waals surface area (Å²) in [4.78, 5) is 12.1. The van der Waals surface area contributed by atoms with Crippen molar-refractivity contribution in [1.82, 2.24) is 5.32 Å². The predicted molar refractivity (Wildman–Crippen MR) is 74.8 cm³/mol. The van der Waals surface area contributed by atoms with Gasteiger partial charge in [-0.3, -0.25) is 4.79 Å². The average Bonchev–Trinajstić information content (AvgIpc) is 2.33. The van der Waals surface area contributed by atoms with Gasteiger partial charge in [-0.25, -0.2) is 0 Å². The third kappa shape index (κ3) is 3.05. The SMILES string of the molecule is CC1(NC(=O)c2ccc(Br)c(O)c2)CCCCC1. The molecule has 1 aliphatic rings. The Morgan fingerprint density at radius 3 is 2.61 bits per heavy atom. The summed E-state index contributed by atoms with van der Waals surface area (Å²) in [6, 6.07) is 4.89. The van der Waals surface area contributed by atoms with E-state index in [-0.39, 0.29) is 17.2 Å². The van der Waals surface area contributed by atoms with Crippen molar-refractivity contribution in [3.05, 3.63) is 28.2 Å². The molecule has 1 amide bonds. The van der Waals surface area contributed by atoms with E-state index in [0.717, 1.165) is 12.8 Å². The number of benzene rings is 1. The molecular weight excluding hydrogens is 294 g/mol. The summed E-state index contributed by atoms with van der Waals surface area (Å²) in [5.41, 5.74) is 0.403. The molecule has 0 unspecified atom stereocenters. The van der Waals surface area contributed by atoms with Crippen molar-refractivity contribution in [2.45, 2.75) is 44.6 Å². The van der Waals surface area contributed by atoms with Gasteiger partial charge in [0.1, 0.15) is 5.75 Å². The number of amides is 1. The minimum atomic E-state index is -0.109. The number of hydrogen-bond donors (Lipinski definition) is 2. The van der Waals surface area contributed by atoms with Crippen molar-refractivity contribution >= 4 is 21.8 Å². The Hall–Kier alpha value is -1.03. The lowest BCUT2D eigenvalue weighted by atomic mass is 9.83. The number of aromatic hydroxyl groups is 1. The van der Waals surface area contributed by atoms with E-state index in [1.165, 1.54) is 25.3 Å². The molecule has 0 bridgehead atoms. The zero-order chi connectivity index (χ0) is 13.2. The van der Waals surface area contributed by atoms with Gasteiger partial charge in [-0.2, -0.15) is 0 Å². The van der Waals surface area contributed by atoms with Crippen molar-refractivity contribution in [2.75, 3.05) is 0 Å². The van der Waals surface area contributed by atoms with Gasteiger partial charge in [0.25, 0.3) is 5.91 Å². The van der Waals surface area contributed by atoms with E-state index in [1.807, 2.05) is 0 Å². The van der Waals surface area contributed by atoms with Crippen LogP contribution in [0.15, 0.2) is 22.7 Å². The number of phenolic OH excluding ortho intramolecular Hbond substituents is 1. The molecule has 0 saturated heterocycles. The van der Waals surface area contributed by atoms with Crippen LogP contribution in [0.5, 0.6) is 5.75 Å². The van der Waals surface area contributed by atoms with E-state index in [2.05, 4.69) is 28.2 Å². The molecule has 0 aromatic heterocycles. The second-order valence-electron chi connectivity index (χ2n) is 5.24. The topological polar surface area (TPSA) is 49.3 Å². The molecule has 0 atom stereocenters. The van der Waals surface area contributed by atoms with E-state index >= 15 is 0 Å². The summed E-state index contributed by atoms with van der Waals surface area (Å²) >= 11 is 3.21. The second-order valence-corrected chi connectivity index (χ2v) is 6.10. The Bertz CT molecular complexity index is 453. The minimum Gasteiger partial charge on any atom is -0.507 e. The number of hydrogen-bond acceptors (Lipinski definition) is 2. The monoisotopic (exact) mass is 311 g/mol. The molecule has 0 aliphatic heterocycles. The van der Waals surface area contributed by atoms with Gasteiger partial charge in [-0.05, 0) is 53.9 Å². The van der Waals surface area contributed by atoms with Crippen LogP contribution in [0.4, 0.5) is 0 Å². The Labute approximate surface area is 116 Å². The van der Waals surface area contributed by atoms with Crippen LogP contribution >= 0.6 is 15.9 Å². The van der Waals surface area contributed by atoms with Gasteiger partial charge in [0.15, 0.2) is 0 Å². The molecule has 1 aromatic rings. The lowest BCUT2D eigenvalue weighted by Gasteiger charge is -2.34. The molecule has 2 rings (SSSR count). The quantitative estimate of drug-likeness (QED) is 0.876. The van der Waals surface area contributed by atoms with E-state index in [0.29, 0.717) is 10.0 Å². The van der Waals surface area contributed by atoms with Gasteiger partial charge in [0, 0.05) is 11.1 Å². The molecule has 3 nitrogen and oxygen atoms in total. The minimum absolute atomic E-state index is 0.0939. The van der Waals surface area contributed by atoms with Crippen LogP contribution in [0.3, 0.4) is 0 Å². The molecule has 0 heterocycles. The normalized spacial score (nSPS) is 18.3. The third-order valence-corrected chi connectivity index (χ3v) is 4.25. The highest BCUT2D eigenvalue weighted by molar-refractivity contribution is 9.10. The van der Waals surface area contributed by atoms with Crippen LogP contribution in [0, 0.1) is 0 Å².